The number of hydrogen-bond acceptors (Lipinski definition) is 6. The highest BCUT2D eigenvalue weighted by molar-refractivity contribution is 7.91. The fraction of sp³-hybridized carbons (Fsp3) is 0.222. The maximum atomic E-state index is 15.6. The second kappa shape index (κ2) is 10.4. The smallest absolute Gasteiger partial charge is 0.307 e. The molecule has 0 aliphatic rings. The number of thiophene rings is 1. The molecule has 0 amide bonds. The normalized spacial score (nSPS) is 12.3. The number of aliphatic carboxylic acids is 1. The van der Waals surface area contributed by atoms with Gasteiger partial charge in [-0.05, 0) is 67.4 Å². The van der Waals surface area contributed by atoms with Crippen LogP contribution in [0.1, 0.15) is 37.6 Å². The number of nitrogens with zero attached hydrogens (tertiary/aromatic N) is 2. The van der Waals surface area contributed by atoms with Gasteiger partial charge in [-0.3, -0.25) is 9.78 Å². The van der Waals surface area contributed by atoms with Crippen molar-refractivity contribution in [2.45, 2.75) is 38.5 Å². The lowest BCUT2D eigenvalue weighted by molar-refractivity contribution is -0.136. The zero-order valence-corrected chi connectivity index (χ0v) is 22.1. The van der Waals surface area contributed by atoms with Crippen LogP contribution in [0.4, 0.5) is 4.39 Å². The highest BCUT2D eigenvalue weighted by Gasteiger charge is 2.28. The number of rotatable bonds is 8. The Morgan fingerprint density at radius 2 is 1.92 bits per heavy atom. The predicted octanol–water partition coefficient (Wildman–Crippen LogP) is 5.86. The zero-order chi connectivity index (χ0) is 26.8. The molecule has 0 aliphatic carbocycles. The Balaban J connectivity index is 1.70. The number of benzene rings is 2. The minimum atomic E-state index is -3.86. The Bertz CT molecular complexity index is 1600. The van der Waals surface area contributed by atoms with Gasteiger partial charge in [0, 0.05) is 27.6 Å². The maximum Gasteiger partial charge on any atom is 0.307 e. The molecule has 0 saturated carbocycles. The van der Waals surface area contributed by atoms with Crippen LogP contribution in [0.15, 0.2) is 64.5 Å². The molecule has 4 rings (SSSR count). The molecule has 2 aromatic heterocycles. The standard InChI is InChI=1S/C27H25FN2O5S2/c1-27(2,3)37(33,34)30-15-22-25(28)20(8-10-29-22)21-13-17(12-19-9-11-36-26(19)21)16-35-23-7-5-4-6-18(23)14-24(31)32/h4-13,15H,14,16H2,1-3H3,(H,31,32). The Morgan fingerprint density at radius 1 is 1.16 bits per heavy atom. The molecule has 37 heavy (non-hydrogen) atoms. The SMILES string of the molecule is CC(C)(C)S(=O)(=O)N=Cc1nccc(-c2cc(COc3ccccc3CC(=O)O)cc3ccsc23)c1F. The molecule has 0 aliphatic heterocycles. The van der Waals surface area contributed by atoms with E-state index in [1.54, 1.807) is 24.3 Å². The number of aromatic nitrogens is 1. The third-order valence-electron chi connectivity index (χ3n) is 5.61. The van der Waals surface area contributed by atoms with Gasteiger partial charge in [0.1, 0.15) is 18.1 Å². The second-order valence-corrected chi connectivity index (χ2v) is 12.6. The molecule has 2 heterocycles. The van der Waals surface area contributed by atoms with Crippen molar-refractivity contribution >= 4 is 43.6 Å². The predicted molar refractivity (Wildman–Crippen MR) is 143 cm³/mol. The van der Waals surface area contributed by atoms with Gasteiger partial charge in [0.15, 0.2) is 5.82 Å². The van der Waals surface area contributed by atoms with Crippen molar-refractivity contribution in [3.8, 4) is 16.9 Å². The van der Waals surface area contributed by atoms with Crippen LogP contribution >= 0.6 is 11.3 Å². The van der Waals surface area contributed by atoms with Crippen LogP contribution in [0.25, 0.3) is 21.2 Å². The zero-order valence-electron chi connectivity index (χ0n) is 20.4. The van der Waals surface area contributed by atoms with Crippen LogP contribution < -0.4 is 4.74 Å². The summed E-state index contributed by atoms with van der Waals surface area (Å²) >= 11 is 1.45. The van der Waals surface area contributed by atoms with Crippen LogP contribution in [0, 0.1) is 5.82 Å². The van der Waals surface area contributed by atoms with Gasteiger partial charge >= 0.3 is 5.97 Å². The summed E-state index contributed by atoms with van der Waals surface area (Å²) in [6.07, 6.45) is 2.19. The van der Waals surface area contributed by atoms with E-state index in [4.69, 9.17) is 9.84 Å². The van der Waals surface area contributed by atoms with Gasteiger partial charge in [-0.25, -0.2) is 12.8 Å². The second-order valence-electron chi connectivity index (χ2n) is 9.33. The first kappa shape index (κ1) is 26.4. The van der Waals surface area contributed by atoms with Crippen molar-refractivity contribution in [1.82, 2.24) is 4.98 Å². The molecule has 0 fully saturated rings. The molecule has 1 N–H and O–H groups in total. The molecule has 0 atom stereocenters. The van der Waals surface area contributed by atoms with Gasteiger partial charge in [0.2, 0.25) is 0 Å². The maximum absolute atomic E-state index is 15.6. The number of hydrogen-bond donors (Lipinski definition) is 1. The minimum absolute atomic E-state index is 0.139. The number of sulfonamides is 1. The summed E-state index contributed by atoms with van der Waals surface area (Å²) in [4.78, 5) is 15.2. The molecule has 192 valence electrons. The Hall–Kier alpha value is -3.63. The quantitative estimate of drug-likeness (QED) is 0.281. The summed E-state index contributed by atoms with van der Waals surface area (Å²) in [5.41, 5.74) is 2.00. The number of para-hydroxylation sites is 1. The third kappa shape index (κ3) is 5.86. The Labute approximate surface area is 218 Å². The summed E-state index contributed by atoms with van der Waals surface area (Å²) in [5.74, 6) is -1.18. The number of carboxylic acid groups (broad SMARTS) is 1. The van der Waals surface area contributed by atoms with E-state index in [2.05, 4.69) is 9.38 Å². The first-order chi connectivity index (χ1) is 17.5. The van der Waals surface area contributed by atoms with Crippen LogP contribution in [0.2, 0.25) is 0 Å². The van der Waals surface area contributed by atoms with E-state index in [1.807, 2.05) is 23.6 Å². The Morgan fingerprint density at radius 3 is 2.65 bits per heavy atom. The lowest BCUT2D eigenvalue weighted by Crippen LogP contribution is -2.25. The van der Waals surface area contributed by atoms with E-state index in [-0.39, 0.29) is 24.3 Å². The molecule has 0 unspecified atom stereocenters. The first-order valence-corrected chi connectivity index (χ1v) is 13.7. The number of carbonyl (C=O) groups is 1. The molecule has 2 aromatic carbocycles. The number of halogens is 1. The van der Waals surface area contributed by atoms with Gasteiger partial charge in [0.25, 0.3) is 10.0 Å². The van der Waals surface area contributed by atoms with E-state index in [1.165, 1.54) is 44.4 Å². The summed E-state index contributed by atoms with van der Waals surface area (Å²) in [5, 5.41) is 12.0. The molecular formula is C27H25FN2O5S2. The summed E-state index contributed by atoms with van der Waals surface area (Å²) in [6.45, 7) is 4.68. The number of fused-ring (bicyclic) bond motifs is 1. The topological polar surface area (TPSA) is 106 Å². The van der Waals surface area contributed by atoms with Crippen molar-refractivity contribution in [2.24, 2.45) is 4.40 Å². The van der Waals surface area contributed by atoms with E-state index in [9.17, 15) is 13.2 Å². The fourth-order valence-corrected chi connectivity index (χ4v) is 5.04. The number of carboxylic acids is 1. The van der Waals surface area contributed by atoms with Gasteiger partial charge in [-0.2, -0.15) is 4.40 Å². The van der Waals surface area contributed by atoms with Gasteiger partial charge in [0.05, 0.1) is 17.4 Å². The van der Waals surface area contributed by atoms with Gasteiger partial charge < -0.3 is 9.84 Å². The lowest BCUT2D eigenvalue weighted by Gasteiger charge is -2.14. The van der Waals surface area contributed by atoms with Gasteiger partial charge in [-0.1, -0.05) is 18.2 Å². The van der Waals surface area contributed by atoms with E-state index < -0.39 is 26.6 Å². The molecule has 0 spiro atoms. The monoisotopic (exact) mass is 540 g/mol. The van der Waals surface area contributed by atoms with Crippen molar-refractivity contribution in [3.05, 3.63) is 82.7 Å². The largest absolute Gasteiger partial charge is 0.489 e. The molecular weight excluding hydrogens is 515 g/mol. The van der Waals surface area contributed by atoms with E-state index in [0.717, 1.165) is 21.9 Å². The van der Waals surface area contributed by atoms with Crippen LogP contribution in [-0.4, -0.2) is 35.4 Å². The lowest BCUT2D eigenvalue weighted by atomic mass is 10.0. The molecule has 0 bridgehead atoms. The van der Waals surface area contributed by atoms with Crippen LogP contribution in [-0.2, 0) is 27.8 Å². The van der Waals surface area contributed by atoms with E-state index in [0.29, 0.717) is 16.9 Å². The average Bonchev–Trinajstić information content (AvgIpc) is 3.30. The van der Waals surface area contributed by atoms with Crippen LogP contribution in [0.5, 0.6) is 5.75 Å². The molecule has 0 radical (unpaired) electrons. The Kier molecular flexibility index (Phi) is 7.42. The first-order valence-electron chi connectivity index (χ1n) is 11.3. The summed E-state index contributed by atoms with van der Waals surface area (Å²) in [6, 6.07) is 14.1. The van der Waals surface area contributed by atoms with Crippen molar-refractivity contribution < 1.29 is 27.4 Å². The van der Waals surface area contributed by atoms with Gasteiger partial charge in [-0.15, -0.1) is 11.3 Å². The molecule has 0 saturated heterocycles. The average molecular weight is 541 g/mol. The van der Waals surface area contributed by atoms with Crippen molar-refractivity contribution in [3.63, 3.8) is 0 Å². The summed E-state index contributed by atoms with van der Waals surface area (Å²) in [7, 11) is -3.86. The highest BCUT2D eigenvalue weighted by atomic mass is 32.2. The molecule has 7 nitrogen and oxygen atoms in total. The minimum Gasteiger partial charge on any atom is -0.489 e. The fourth-order valence-electron chi connectivity index (χ4n) is 3.58. The van der Waals surface area contributed by atoms with Crippen molar-refractivity contribution in [2.75, 3.05) is 0 Å². The molecule has 10 heteroatoms. The molecule has 4 aromatic rings. The van der Waals surface area contributed by atoms with E-state index >= 15 is 4.39 Å². The van der Waals surface area contributed by atoms with Crippen molar-refractivity contribution in [1.29, 1.82) is 0 Å². The number of pyridine rings is 1. The van der Waals surface area contributed by atoms with Crippen LogP contribution in [0.3, 0.4) is 0 Å². The summed E-state index contributed by atoms with van der Waals surface area (Å²) < 4.78 is 49.6. The number of ether oxygens (including phenoxy) is 1. The highest BCUT2D eigenvalue weighted by Crippen LogP contribution is 2.36. The third-order valence-corrected chi connectivity index (χ3v) is 8.51.